The predicted octanol–water partition coefficient (Wildman–Crippen LogP) is 2.65. The summed E-state index contributed by atoms with van der Waals surface area (Å²) in [6.07, 6.45) is -4.35. The molecule has 1 unspecified atom stereocenters. The lowest BCUT2D eigenvalue weighted by atomic mass is 10.1. The molecule has 1 aromatic carbocycles. The fraction of sp³-hybridized carbons (Fsp3) is 0.462. The van der Waals surface area contributed by atoms with E-state index in [2.05, 4.69) is 0 Å². The normalized spacial score (nSPS) is 13.2. The molecule has 0 radical (unpaired) electrons. The van der Waals surface area contributed by atoms with Crippen LogP contribution in [-0.4, -0.2) is 30.4 Å². The third-order valence-electron chi connectivity index (χ3n) is 2.80. The minimum Gasteiger partial charge on any atom is -0.342 e. The van der Waals surface area contributed by atoms with Gasteiger partial charge >= 0.3 is 6.18 Å². The zero-order valence-electron chi connectivity index (χ0n) is 11.2. The van der Waals surface area contributed by atoms with Crippen LogP contribution >= 0.6 is 0 Å². The van der Waals surface area contributed by atoms with Crippen LogP contribution in [0, 0.1) is 5.82 Å². The van der Waals surface area contributed by atoms with Gasteiger partial charge in [-0.15, -0.1) is 0 Å². The number of hydrogen-bond acceptors (Lipinski definition) is 2. The molecular formula is C13H16F4N2O. The summed E-state index contributed by atoms with van der Waals surface area (Å²) >= 11 is 0. The van der Waals surface area contributed by atoms with Gasteiger partial charge in [-0.05, 0) is 25.5 Å². The van der Waals surface area contributed by atoms with E-state index < -0.39 is 29.0 Å². The second-order valence-electron chi connectivity index (χ2n) is 4.66. The van der Waals surface area contributed by atoms with Gasteiger partial charge in [0, 0.05) is 19.6 Å². The van der Waals surface area contributed by atoms with Crippen molar-refractivity contribution < 1.29 is 22.4 Å². The molecule has 112 valence electrons. The number of alkyl halides is 3. The highest BCUT2D eigenvalue weighted by Crippen LogP contribution is 2.32. The molecule has 0 fully saturated rings. The smallest absolute Gasteiger partial charge is 0.342 e. The summed E-state index contributed by atoms with van der Waals surface area (Å²) in [6, 6.07) is 2.50. The molecule has 0 saturated heterocycles. The van der Waals surface area contributed by atoms with Gasteiger partial charge in [0.1, 0.15) is 5.82 Å². The number of nitrogens with two attached hydrogens (primary N) is 1. The summed E-state index contributed by atoms with van der Waals surface area (Å²) in [7, 11) is 1.39. The second-order valence-corrected chi connectivity index (χ2v) is 4.66. The van der Waals surface area contributed by atoms with Crippen LogP contribution < -0.4 is 5.73 Å². The summed E-state index contributed by atoms with van der Waals surface area (Å²) in [5.41, 5.74) is 3.50. The molecule has 7 heteroatoms. The average molecular weight is 292 g/mol. The third kappa shape index (κ3) is 3.93. The van der Waals surface area contributed by atoms with E-state index in [1.165, 1.54) is 7.05 Å². The number of halogens is 4. The molecule has 20 heavy (non-hydrogen) atoms. The van der Waals surface area contributed by atoms with Crippen molar-refractivity contribution in [2.75, 3.05) is 13.6 Å². The number of benzene rings is 1. The molecule has 0 saturated carbocycles. The molecule has 1 amide bonds. The molecule has 1 atom stereocenters. The molecule has 0 aromatic heterocycles. The molecular weight excluding hydrogens is 276 g/mol. The molecule has 1 aromatic rings. The zero-order chi connectivity index (χ0) is 15.5. The molecule has 2 N–H and O–H groups in total. The van der Waals surface area contributed by atoms with Gasteiger partial charge in [-0.1, -0.05) is 6.07 Å². The van der Waals surface area contributed by atoms with Crippen LogP contribution in [0.15, 0.2) is 18.2 Å². The third-order valence-corrected chi connectivity index (χ3v) is 2.80. The Morgan fingerprint density at radius 2 is 2.00 bits per heavy atom. The van der Waals surface area contributed by atoms with Crippen molar-refractivity contribution in [1.29, 1.82) is 0 Å². The van der Waals surface area contributed by atoms with Crippen molar-refractivity contribution in [1.82, 2.24) is 4.90 Å². The summed E-state index contributed by atoms with van der Waals surface area (Å²) in [5, 5.41) is 0. The van der Waals surface area contributed by atoms with Gasteiger partial charge in [-0.25, -0.2) is 4.39 Å². The first-order valence-corrected chi connectivity index (χ1v) is 6.01. The maximum Gasteiger partial charge on any atom is 0.419 e. The second kappa shape index (κ2) is 6.21. The SMILES string of the molecule is CC(N)CCN(C)C(=O)c1cccc(C(F)(F)F)c1F. The topological polar surface area (TPSA) is 46.3 Å². The van der Waals surface area contributed by atoms with E-state index in [-0.39, 0.29) is 12.6 Å². The van der Waals surface area contributed by atoms with Gasteiger partial charge in [0.2, 0.25) is 0 Å². The van der Waals surface area contributed by atoms with Crippen molar-refractivity contribution in [2.45, 2.75) is 25.6 Å². The van der Waals surface area contributed by atoms with Crippen LogP contribution in [0.3, 0.4) is 0 Å². The molecule has 3 nitrogen and oxygen atoms in total. The molecule has 1 rings (SSSR count). The number of rotatable bonds is 4. The highest BCUT2D eigenvalue weighted by molar-refractivity contribution is 5.94. The molecule has 0 aliphatic rings. The fourth-order valence-corrected chi connectivity index (χ4v) is 1.62. The summed E-state index contributed by atoms with van der Waals surface area (Å²) in [6.45, 7) is 1.98. The van der Waals surface area contributed by atoms with Gasteiger partial charge in [0.15, 0.2) is 0 Å². The number of nitrogens with zero attached hydrogens (tertiary/aromatic N) is 1. The molecule has 0 aliphatic heterocycles. The summed E-state index contributed by atoms with van der Waals surface area (Å²) in [4.78, 5) is 13.1. The Hall–Kier alpha value is -1.63. The standard InChI is InChI=1S/C13H16F4N2O/c1-8(18)6-7-19(2)12(20)9-4-3-5-10(11(9)14)13(15,16)17/h3-5,8H,6-7,18H2,1-2H3. The first kappa shape index (κ1) is 16.4. The highest BCUT2D eigenvalue weighted by Gasteiger charge is 2.36. The van der Waals surface area contributed by atoms with Gasteiger partial charge in [0.25, 0.3) is 5.91 Å². The monoisotopic (exact) mass is 292 g/mol. The van der Waals surface area contributed by atoms with E-state index in [0.29, 0.717) is 12.5 Å². The maximum atomic E-state index is 13.8. The fourth-order valence-electron chi connectivity index (χ4n) is 1.62. The van der Waals surface area contributed by atoms with Gasteiger partial charge in [-0.3, -0.25) is 4.79 Å². The van der Waals surface area contributed by atoms with E-state index in [9.17, 15) is 22.4 Å². The Kier molecular flexibility index (Phi) is 5.10. The Balaban J connectivity index is 3.00. The number of amides is 1. The lowest BCUT2D eigenvalue weighted by Crippen LogP contribution is -2.32. The maximum absolute atomic E-state index is 13.8. The largest absolute Gasteiger partial charge is 0.419 e. The van der Waals surface area contributed by atoms with E-state index in [0.717, 1.165) is 17.0 Å². The summed E-state index contributed by atoms with van der Waals surface area (Å²) < 4.78 is 51.5. The quantitative estimate of drug-likeness (QED) is 0.867. The van der Waals surface area contributed by atoms with Gasteiger partial charge in [-0.2, -0.15) is 13.2 Å². The van der Waals surface area contributed by atoms with Crippen molar-refractivity contribution >= 4 is 5.91 Å². The van der Waals surface area contributed by atoms with E-state index in [1.807, 2.05) is 0 Å². The lowest BCUT2D eigenvalue weighted by molar-refractivity contribution is -0.140. The Morgan fingerprint density at radius 1 is 1.40 bits per heavy atom. The zero-order valence-corrected chi connectivity index (χ0v) is 11.2. The Bertz CT molecular complexity index is 486. The minimum absolute atomic E-state index is 0.156. The van der Waals surface area contributed by atoms with Crippen molar-refractivity contribution in [2.24, 2.45) is 5.73 Å². The van der Waals surface area contributed by atoms with Gasteiger partial charge in [0.05, 0.1) is 11.1 Å². The van der Waals surface area contributed by atoms with Crippen molar-refractivity contribution in [3.8, 4) is 0 Å². The van der Waals surface area contributed by atoms with Crippen molar-refractivity contribution in [3.05, 3.63) is 35.1 Å². The van der Waals surface area contributed by atoms with Crippen LogP contribution in [0.5, 0.6) is 0 Å². The Labute approximate surface area is 114 Å². The predicted molar refractivity (Wildman–Crippen MR) is 66.6 cm³/mol. The van der Waals surface area contributed by atoms with Crippen LogP contribution in [0.1, 0.15) is 29.3 Å². The minimum atomic E-state index is -4.83. The first-order chi connectivity index (χ1) is 9.14. The molecule has 0 heterocycles. The number of carbonyl (C=O) groups is 1. The van der Waals surface area contributed by atoms with Crippen LogP contribution in [0.25, 0.3) is 0 Å². The average Bonchev–Trinajstić information content (AvgIpc) is 2.33. The van der Waals surface area contributed by atoms with Gasteiger partial charge < -0.3 is 10.6 Å². The first-order valence-electron chi connectivity index (χ1n) is 6.01. The number of hydrogen-bond donors (Lipinski definition) is 1. The van der Waals surface area contributed by atoms with E-state index in [4.69, 9.17) is 5.73 Å². The van der Waals surface area contributed by atoms with Crippen LogP contribution in [-0.2, 0) is 6.18 Å². The van der Waals surface area contributed by atoms with Crippen LogP contribution in [0.4, 0.5) is 17.6 Å². The van der Waals surface area contributed by atoms with E-state index >= 15 is 0 Å². The molecule has 0 spiro atoms. The Morgan fingerprint density at radius 3 is 2.50 bits per heavy atom. The van der Waals surface area contributed by atoms with E-state index in [1.54, 1.807) is 6.92 Å². The molecule has 0 bridgehead atoms. The van der Waals surface area contributed by atoms with Crippen LogP contribution in [0.2, 0.25) is 0 Å². The lowest BCUT2D eigenvalue weighted by Gasteiger charge is -2.19. The van der Waals surface area contributed by atoms with Crippen molar-refractivity contribution in [3.63, 3.8) is 0 Å². The highest BCUT2D eigenvalue weighted by atomic mass is 19.4. The molecule has 0 aliphatic carbocycles. The number of carbonyl (C=O) groups excluding carboxylic acids is 1. The summed E-state index contributed by atoms with van der Waals surface area (Å²) in [5.74, 6) is -2.34.